The smallest absolute Gasteiger partial charge is 0.335 e. The van der Waals surface area contributed by atoms with E-state index < -0.39 is 17.1 Å². The maximum absolute atomic E-state index is 13.0. The van der Waals surface area contributed by atoms with Gasteiger partial charge in [-0.3, -0.25) is 14.8 Å². The van der Waals surface area contributed by atoms with E-state index >= 15 is 0 Å². The number of rotatable bonds is 4. The van der Waals surface area contributed by atoms with Gasteiger partial charge in [0.1, 0.15) is 11.3 Å². The number of aromatic hydroxyl groups is 1. The van der Waals surface area contributed by atoms with Crippen LogP contribution in [0.25, 0.3) is 5.69 Å². The van der Waals surface area contributed by atoms with Crippen LogP contribution in [0.15, 0.2) is 79.5 Å². The predicted molar refractivity (Wildman–Crippen MR) is 136 cm³/mol. The molecular weight excluding hydrogens is 470 g/mol. The van der Waals surface area contributed by atoms with Gasteiger partial charge in [-0.2, -0.15) is 0 Å². The first-order valence-corrected chi connectivity index (χ1v) is 12.3. The Bertz CT molecular complexity index is 1530. The zero-order valence-corrected chi connectivity index (χ0v) is 20.1. The fourth-order valence-corrected chi connectivity index (χ4v) is 6.50. The highest BCUT2D eigenvalue weighted by molar-refractivity contribution is 7.99. The van der Waals surface area contributed by atoms with Crippen LogP contribution >= 0.6 is 23.1 Å². The number of aromatic nitrogens is 2. The summed E-state index contributed by atoms with van der Waals surface area (Å²) in [6.07, 6.45) is 0.404. The molecule has 1 aliphatic rings. The Morgan fingerprint density at radius 2 is 1.88 bits per heavy atom. The van der Waals surface area contributed by atoms with Crippen molar-refractivity contribution in [1.82, 2.24) is 9.55 Å². The van der Waals surface area contributed by atoms with Crippen LogP contribution in [0.1, 0.15) is 27.7 Å². The maximum Gasteiger partial charge on any atom is 0.335 e. The van der Waals surface area contributed by atoms with E-state index in [2.05, 4.69) is 18.0 Å². The minimum absolute atomic E-state index is 0.00663. The van der Waals surface area contributed by atoms with E-state index in [1.807, 2.05) is 29.6 Å². The average molecular weight is 492 g/mol. The largest absolute Gasteiger partial charge is 0.495 e. The van der Waals surface area contributed by atoms with Crippen LogP contribution in [0.4, 0.5) is 5.69 Å². The second-order valence-corrected chi connectivity index (χ2v) is 9.96. The van der Waals surface area contributed by atoms with Gasteiger partial charge in [0, 0.05) is 21.4 Å². The third-order valence-corrected chi connectivity index (χ3v) is 8.23. The van der Waals surface area contributed by atoms with Crippen molar-refractivity contribution in [2.45, 2.75) is 23.5 Å². The molecule has 2 aromatic carbocycles. The summed E-state index contributed by atoms with van der Waals surface area (Å²) in [4.78, 5) is 35.1. The topological polar surface area (TPSA) is 96.7 Å². The highest BCUT2D eigenvalue weighted by Gasteiger charge is 2.29. The first-order valence-electron chi connectivity index (χ1n) is 10.6. The Kier molecular flexibility index (Phi) is 5.89. The summed E-state index contributed by atoms with van der Waals surface area (Å²) >= 11 is 3.34. The lowest BCUT2D eigenvalue weighted by molar-refractivity contribution is 0.401. The van der Waals surface area contributed by atoms with E-state index in [1.54, 1.807) is 47.4 Å². The number of hydrogen-bond donors (Lipinski definition) is 2. The number of aryl methyl sites for hydroxylation is 1. The molecule has 1 aliphatic heterocycles. The lowest BCUT2D eigenvalue weighted by Gasteiger charge is -2.17. The maximum atomic E-state index is 13.0. The molecule has 0 amide bonds. The number of ether oxygens (including phenoxy) is 1. The van der Waals surface area contributed by atoms with E-state index in [0.717, 1.165) is 9.46 Å². The summed E-state index contributed by atoms with van der Waals surface area (Å²) in [5, 5.41) is 13.3. The molecule has 0 unspecified atom stereocenters. The fourth-order valence-electron chi connectivity index (χ4n) is 4.05. The van der Waals surface area contributed by atoms with E-state index in [1.165, 1.54) is 17.6 Å². The molecule has 3 heterocycles. The second kappa shape index (κ2) is 9.00. The van der Waals surface area contributed by atoms with Gasteiger partial charge in [0.2, 0.25) is 5.88 Å². The molecule has 2 aromatic heterocycles. The highest BCUT2D eigenvalue weighted by Crippen LogP contribution is 2.47. The first-order chi connectivity index (χ1) is 16.5. The van der Waals surface area contributed by atoms with Crippen LogP contribution in [-0.4, -0.2) is 27.5 Å². The number of thioether (sulfide) groups is 1. The second-order valence-electron chi connectivity index (χ2n) is 7.77. The number of H-pyrrole nitrogens is 1. The lowest BCUT2D eigenvalue weighted by Crippen LogP contribution is -2.33. The number of thiophene rings is 1. The molecule has 2 N–H and O–H groups in total. The number of fused-ring (bicyclic) bond motifs is 1. The molecule has 5 rings (SSSR count). The van der Waals surface area contributed by atoms with E-state index in [9.17, 15) is 14.7 Å². The van der Waals surface area contributed by atoms with Crippen molar-refractivity contribution < 1.29 is 9.84 Å². The third kappa shape index (κ3) is 3.86. The Balaban J connectivity index is 1.74. The van der Waals surface area contributed by atoms with Crippen LogP contribution in [0, 0.1) is 6.92 Å². The van der Waals surface area contributed by atoms with Crippen molar-refractivity contribution in [3.63, 3.8) is 0 Å². The van der Waals surface area contributed by atoms with Crippen LogP contribution in [0.2, 0.25) is 0 Å². The lowest BCUT2D eigenvalue weighted by atomic mass is 10.0. The Labute approximate surface area is 203 Å². The van der Waals surface area contributed by atoms with Crippen molar-refractivity contribution in [2.75, 3.05) is 7.11 Å². The summed E-state index contributed by atoms with van der Waals surface area (Å²) < 4.78 is 6.42. The monoisotopic (exact) mass is 491 g/mol. The summed E-state index contributed by atoms with van der Waals surface area (Å²) in [5.41, 5.74) is 1.15. The van der Waals surface area contributed by atoms with Gasteiger partial charge >= 0.3 is 5.69 Å². The highest BCUT2D eigenvalue weighted by atomic mass is 32.2. The zero-order valence-electron chi connectivity index (χ0n) is 18.4. The van der Waals surface area contributed by atoms with Crippen LogP contribution < -0.4 is 16.0 Å². The molecule has 0 fully saturated rings. The molecule has 7 nitrogen and oxygen atoms in total. The van der Waals surface area contributed by atoms with E-state index in [4.69, 9.17) is 9.73 Å². The summed E-state index contributed by atoms with van der Waals surface area (Å²) in [6.45, 7) is 2.06. The fraction of sp³-hybridized carbons (Fsp3) is 0.160. The van der Waals surface area contributed by atoms with Gasteiger partial charge in [-0.05, 0) is 48.2 Å². The van der Waals surface area contributed by atoms with E-state index in [0.29, 0.717) is 29.3 Å². The SMILES string of the molecule is COc1ccccc1-n1c(O)c(C2=Nc3ccccc3S[C@@H](c3sccc3C)C2)c(=O)[nH]c1=O. The molecule has 4 aromatic rings. The molecule has 0 saturated carbocycles. The van der Waals surface area contributed by atoms with Gasteiger partial charge in [0.15, 0.2) is 0 Å². The van der Waals surface area contributed by atoms with Crippen molar-refractivity contribution in [3.8, 4) is 17.3 Å². The molecule has 0 radical (unpaired) electrons. The number of aliphatic imine (C=N–C) groups is 1. The van der Waals surface area contributed by atoms with Gasteiger partial charge in [0.25, 0.3) is 5.56 Å². The van der Waals surface area contributed by atoms with Gasteiger partial charge in [-0.15, -0.1) is 23.1 Å². The predicted octanol–water partition coefficient (Wildman–Crippen LogP) is 4.97. The summed E-state index contributed by atoms with van der Waals surface area (Å²) in [6, 6.07) is 16.6. The van der Waals surface area contributed by atoms with Gasteiger partial charge in [-0.1, -0.05) is 24.3 Å². The van der Waals surface area contributed by atoms with Crippen LogP contribution in [-0.2, 0) is 0 Å². The molecule has 172 valence electrons. The standard InChI is InChI=1S/C25H21N3O4S2/c1-14-11-12-33-22(14)20-13-16(26-15-7-3-6-10-19(15)34-20)21-23(29)27-25(31)28(24(21)30)17-8-4-5-9-18(17)32-2/h3-12,20,30H,13H2,1-2H3,(H,27,29,31)/t20-/m1/s1. The van der Waals surface area contributed by atoms with Gasteiger partial charge in [0.05, 0.1) is 24.2 Å². The van der Waals surface area contributed by atoms with Gasteiger partial charge in [-0.25, -0.2) is 9.36 Å². The van der Waals surface area contributed by atoms with Crippen molar-refractivity contribution in [1.29, 1.82) is 0 Å². The van der Waals surface area contributed by atoms with Crippen molar-refractivity contribution in [2.24, 2.45) is 4.99 Å². The molecule has 0 spiro atoms. The quantitative estimate of drug-likeness (QED) is 0.420. The molecule has 0 saturated heterocycles. The Hall–Kier alpha value is -3.56. The van der Waals surface area contributed by atoms with Crippen molar-refractivity contribution >= 4 is 34.5 Å². The molecule has 9 heteroatoms. The van der Waals surface area contributed by atoms with Crippen LogP contribution in [0.3, 0.4) is 0 Å². The first kappa shape index (κ1) is 22.2. The number of nitrogens with zero attached hydrogens (tertiary/aromatic N) is 2. The molecule has 0 bridgehead atoms. The normalized spacial score (nSPS) is 15.4. The number of para-hydroxylation sites is 3. The number of hydrogen-bond acceptors (Lipinski definition) is 7. The van der Waals surface area contributed by atoms with Crippen LogP contribution in [0.5, 0.6) is 11.6 Å². The third-order valence-electron chi connectivity index (χ3n) is 5.66. The summed E-state index contributed by atoms with van der Waals surface area (Å²) in [5.74, 6) is -0.0864. The minimum atomic E-state index is -0.759. The number of nitrogens with one attached hydrogen (secondary N) is 1. The molecule has 1 atom stereocenters. The average Bonchev–Trinajstić information content (AvgIpc) is 3.16. The Morgan fingerprint density at radius 3 is 2.65 bits per heavy atom. The minimum Gasteiger partial charge on any atom is -0.495 e. The molecule has 0 aliphatic carbocycles. The summed E-state index contributed by atoms with van der Waals surface area (Å²) in [7, 11) is 1.48. The molecular formula is C25H21N3O4S2. The van der Waals surface area contributed by atoms with E-state index in [-0.39, 0.29) is 10.8 Å². The zero-order chi connectivity index (χ0) is 23.8. The Morgan fingerprint density at radius 1 is 1.12 bits per heavy atom. The number of aromatic amines is 1. The van der Waals surface area contributed by atoms with Crippen molar-refractivity contribution in [3.05, 3.63) is 96.8 Å². The number of methoxy groups -OCH3 is 1. The van der Waals surface area contributed by atoms with Gasteiger partial charge < -0.3 is 9.84 Å². The molecule has 34 heavy (non-hydrogen) atoms. The number of benzene rings is 2.